The van der Waals surface area contributed by atoms with Crippen molar-refractivity contribution in [3.63, 3.8) is 0 Å². The molecule has 0 atom stereocenters. The fraction of sp³-hybridized carbons (Fsp3) is 0.278. The van der Waals surface area contributed by atoms with Gasteiger partial charge in [-0.15, -0.1) is 0 Å². The largest absolute Gasteiger partial charge is 0.430 e. The second-order valence-electron chi connectivity index (χ2n) is 6.28. The second-order valence-corrected chi connectivity index (χ2v) is 9.14. The number of anilines is 1. The van der Waals surface area contributed by atoms with Crippen molar-refractivity contribution < 1.29 is 17.6 Å². The number of fused-ring (bicyclic) bond motifs is 1. The predicted octanol–water partition coefficient (Wildman–Crippen LogP) is 2.74. The van der Waals surface area contributed by atoms with Crippen molar-refractivity contribution in [3.05, 3.63) is 42.6 Å². The minimum atomic E-state index is -3.45. The van der Waals surface area contributed by atoms with Gasteiger partial charge in [-0.3, -0.25) is 4.79 Å². The summed E-state index contributed by atoms with van der Waals surface area (Å²) in [5.74, 6) is -0.129. The van der Waals surface area contributed by atoms with Crippen LogP contribution in [-0.4, -0.2) is 47.4 Å². The number of nitrogens with one attached hydrogen (secondary N) is 1. The van der Waals surface area contributed by atoms with E-state index < -0.39 is 10.0 Å². The Morgan fingerprint density at radius 3 is 2.64 bits per heavy atom. The van der Waals surface area contributed by atoms with Crippen LogP contribution in [0.5, 0.6) is 0 Å². The van der Waals surface area contributed by atoms with Crippen molar-refractivity contribution in [1.82, 2.24) is 14.3 Å². The molecule has 0 bridgehead atoms. The molecule has 1 fully saturated rings. The van der Waals surface area contributed by atoms with Crippen LogP contribution in [0.25, 0.3) is 11.2 Å². The van der Waals surface area contributed by atoms with Gasteiger partial charge in [-0.25, -0.2) is 13.4 Å². The molecule has 3 aromatic rings. The Morgan fingerprint density at radius 1 is 1.18 bits per heavy atom. The molecule has 0 radical (unpaired) electrons. The summed E-state index contributed by atoms with van der Waals surface area (Å²) in [5.41, 5.74) is 1.60. The Bertz CT molecular complexity index is 1060. The molecule has 1 aliphatic rings. The first-order chi connectivity index (χ1) is 13.5. The summed E-state index contributed by atoms with van der Waals surface area (Å²) in [5, 5.41) is 3.11. The molecule has 4 rings (SSSR count). The number of rotatable bonds is 6. The van der Waals surface area contributed by atoms with Gasteiger partial charge in [0.2, 0.25) is 15.9 Å². The Hall–Kier alpha value is -2.43. The number of hydrogen-bond acceptors (Lipinski definition) is 7. The maximum atomic E-state index is 12.5. The van der Waals surface area contributed by atoms with Gasteiger partial charge < -0.3 is 9.73 Å². The second kappa shape index (κ2) is 7.90. The summed E-state index contributed by atoms with van der Waals surface area (Å²) in [6, 6.07) is 9.73. The molecule has 0 spiro atoms. The normalized spacial score (nSPS) is 15.1. The van der Waals surface area contributed by atoms with E-state index in [0.29, 0.717) is 35.2 Å². The van der Waals surface area contributed by atoms with Crippen LogP contribution in [0.2, 0.25) is 0 Å². The molecule has 1 aromatic carbocycles. The third-order valence-electron chi connectivity index (χ3n) is 4.31. The van der Waals surface area contributed by atoms with Gasteiger partial charge in [-0.1, -0.05) is 11.8 Å². The lowest BCUT2D eigenvalue weighted by Gasteiger charge is -2.15. The summed E-state index contributed by atoms with van der Waals surface area (Å²) in [6.45, 7) is 1.12. The lowest BCUT2D eigenvalue weighted by atomic mass is 10.3. The van der Waals surface area contributed by atoms with E-state index in [0.717, 1.165) is 12.8 Å². The Morgan fingerprint density at radius 2 is 1.93 bits per heavy atom. The molecule has 1 saturated heterocycles. The lowest BCUT2D eigenvalue weighted by Crippen LogP contribution is -2.27. The number of hydrogen-bond donors (Lipinski definition) is 1. The minimum absolute atomic E-state index is 0.112. The van der Waals surface area contributed by atoms with Gasteiger partial charge in [-0.2, -0.15) is 9.29 Å². The molecule has 146 valence electrons. The average molecular weight is 419 g/mol. The van der Waals surface area contributed by atoms with Gasteiger partial charge >= 0.3 is 0 Å². The number of oxazole rings is 1. The molecule has 10 heteroatoms. The Kier molecular flexibility index (Phi) is 5.33. The third kappa shape index (κ3) is 4.03. The highest BCUT2D eigenvalue weighted by atomic mass is 32.2. The monoisotopic (exact) mass is 418 g/mol. The maximum absolute atomic E-state index is 12.5. The first kappa shape index (κ1) is 18.9. The van der Waals surface area contributed by atoms with Crippen molar-refractivity contribution in [2.24, 2.45) is 0 Å². The number of thioether (sulfide) groups is 1. The highest BCUT2D eigenvalue weighted by molar-refractivity contribution is 7.99. The van der Waals surface area contributed by atoms with Crippen LogP contribution in [0.4, 0.5) is 5.69 Å². The van der Waals surface area contributed by atoms with Gasteiger partial charge in [-0.05, 0) is 49.2 Å². The van der Waals surface area contributed by atoms with Crippen LogP contribution in [-0.2, 0) is 14.8 Å². The zero-order valence-electron chi connectivity index (χ0n) is 14.9. The first-order valence-corrected chi connectivity index (χ1v) is 11.2. The van der Waals surface area contributed by atoms with Gasteiger partial charge in [0.05, 0.1) is 10.6 Å². The van der Waals surface area contributed by atoms with Crippen LogP contribution < -0.4 is 5.32 Å². The van der Waals surface area contributed by atoms with Crippen molar-refractivity contribution in [2.75, 3.05) is 24.2 Å². The molecule has 3 heterocycles. The van der Waals surface area contributed by atoms with E-state index in [9.17, 15) is 13.2 Å². The highest BCUT2D eigenvalue weighted by Gasteiger charge is 2.26. The quantitative estimate of drug-likeness (QED) is 0.614. The summed E-state index contributed by atoms with van der Waals surface area (Å²) < 4.78 is 32.0. The molecule has 1 aliphatic heterocycles. The van der Waals surface area contributed by atoms with E-state index in [4.69, 9.17) is 4.42 Å². The summed E-state index contributed by atoms with van der Waals surface area (Å²) in [4.78, 5) is 20.7. The number of sulfonamides is 1. The number of amides is 1. The fourth-order valence-electron chi connectivity index (χ4n) is 2.92. The SMILES string of the molecule is O=C(CSc1nc2ncccc2o1)Nc1ccc(S(=O)(=O)N2CCCC2)cc1. The fourth-order valence-corrected chi connectivity index (χ4v) is 5.07. The number of benzene rings is 1. The molecule has 1 N–H and O–H groups in total. The molecular weight excluding hydrogens is 400 g/mol. The van der Waals surface area contributed by atoms with Crippen LogP contribution in [0, 0.1) is 0 Å². The van der Waals surface area contributed by atoms with Crippen LogP contribution >= 0.6 is 11.8 Å². The number of aromatic nitrogens is 2. The van der Waals surface area contributed by atoms with Crippen molar-refractivity contribution >= 4 is 44.6 Å². The van der Waals surface area contributed by atoms with Crippen LogP contribution in [0.1, 0.15) is 12.8 Å². The van der Waals surface area contributed by atoms with E-state index >= 15 is 0 Å². The standard InChI is InChI=1S/C18H18N4O4S2/c23-16(12-27-18-21-17-15(26-18)4-3-9-19-17)20-13-5-7-14(8-6-13)28(24,25)22-10-1-2-11-22/h3-9H,1-2,10-12H2,(H,20,23). The molecule has 0 unspecified atom stereocenters. The van der Waals surface area contributed by atoms with E-state index in [2.05, 4.69) is 15.3 Å². The zero-order chi connectivity index (χ0) is 19.6. The van der Waals surface area contributed by atoms with Crippen molar-refractivity contribution in [3.8, 4) is 0 Å². The molecule has 0 aliphatic carbocycles. The number of carbonyl (C=O) groups is 1. The highest BCUT2D eigenvalue weighted by Crippen LogP contribution is 2.24. The maximum Gasteiger partial charge on any atom is 0.258 e. The molecule has 1 amide bonds. The predicted molar refractivity (Wildman–Crippen MR) is 106 cm³/mol. The molecule has 28 heavy (non-hydrogen) atoms. The van der Waals surface area contributed by atoms with E-state index in [1.165, 1.54) is 28.2 Å². The van der Waals surface area contributed by atoms with Gasteiger partial charge in [0.1, 0.15) is 0 Å². The smallest absolute Gasteiger partial charge is 0.258 e. The van der Waals surface area contributed by atoms with E-state index in [-0.39, 0.29) is 16.6 Å². The molecule has 8 nitrogen and oxygen atoms in total. The first-order valence-electron chi connectivity index (χ1n) is 8.77. The number of carbonyl (C=O) groups excluding carboxylic acids is 1. The van der Waals surface area contributed by atoms with E-state index in [1.54, 1.807) is 30.5 Å². The molecular formula is C18H18N4O4S2. The van der Waals surface area contributed by atoms with Crippen LogP contribution in [0.15, 0.2) is 57.1 Å². The Labute approximate surface area is 166 Å². The molecule has 2 aromatic heterocycles. The molecule has 0 saturated carbocycles. The third-order valence-corrected chi connectivity index (χ3v) is 7.05. The summed E-state index contributed by atoms with van der Waals surface area (Å²) in [7, 11) is -3.45. The van der Waals surface area contributed by atoms with Gasteiger partial charge in [0, 0.05) is 25.0 Å². The van der Waals surface area contributed by atoms with Crippen molar-refractivity contribution in [1.29, 1.82) is 0 Å². The van der Waals surface area contributed by atoms with Gasteiger partial charge in [0.15, 0.2) is 11.2 Å². The van der Waals surface area contributed by atoms with E-state index in [1.807, 2.05) is 0 Å². The zero-order valence-corrected chi connectivity index (χ0v) is 16.5. The lowest BCUT2D eigenvalue weighted by molar-refractivity contribution is -0.113. The summed E-state index contributed by atoms with van der Waals surface area (Å²) >= 11 is 1.17. The number of nitrogens with zero attached hydrogens (tertiary/aromatic N) is 3. The number of pyridine rings is 1. The minimum Gasteiger partial charge on any atom is -0.430 e. The Balaban J connectivity index is 1.35. The summed E-state index contributed by atoms with van der Waals surface area (Å²) in [6.07, 6.45) is 3.40. The average Bonchev–Trinajstić information content (AvgIpc) is 3.36. The van der Waals surface area contributed by atoms with Gasteiger partial charge in [0.25, 0.3) is 5.22 Å². The van der Waals surface area contributed by atoms with Crippen molar-refractivity contribution in [2.45, 2.75) is 23.0 Å². The van der Waals surface area contributed by atoms with Crippen LogP contribution in [0.3, 0.4) is 0 Å². The topological polar surface area (TPSA) is 105 Å².